The number of carbonyl (C=O) groups is 4. The predicted molar refractivity (Wildman–Crippen MR) is 230 cm³/mol. The summed E-state index contributed by atoms with van der Waals surface area (Å²) in [4.78, 5) is 58.8. The Labute approximate surface area is 362 Å². The van der Waals surface area contributed by atoms with Gasteiger partial charge in [0.1, 0.15) is 24.0 Å². The molecule has 0 aromatic rings. The fourth-order valence-corrected chi connectivity index (χ4v) is 10.1. The van der Waals surface area contributed by atoms with Crippen LogP contribution in [0.2, 0.25) is 0 Å². The van der Waals surface area contributed by atoms with Crippen molar-refractivity contribution in [1.82, 2.24) is 4.90 Å². The lowest BCUT2D eigenvalue weighted by molar-refractivity contribution is -0.302. The molecule has 60 heavy (non-hydrogen) atoms. The van der Waals surface area contributed by atoms with E-state index in [9.17, 15) is 29.4 Å². The van der Waals surface area contributed by atoms with Crippen molar-refractivity contribution in [1.29, 1.82) is 0 Å². The van der Waals surface area contributed by atoms with Crippen molar-refractivity contribution in [3.05, 3.63) is 36.0 Å². The van der Waals surface area contributed by atoms with Gasteiger partial charge in [-0.1, -0.05) is 44.6 Å². The quantitative estimate of drug-likeness (QED) is 0.114. The van der Waals surface area contributed by atoms with E-state index in [0.29, 0.717) is 57.3 Å². The first kappa shape index (κ1) is 50.2. The number of amides is 1. The van der Waals surface area contributed by atoms with Gasteiger partial charge in [-0.05, 0) is 102 Å². The Kier molecular flexibility index (Phi) is 19.5. The highest BCUT2D eigenvalue weighted by molar-refractivity contribution is 7.98. The molecule has 1 saturated carbocycles. The molecule has 2 N–H and O–H groups in total. The number of esters is 1. The van der Waals surface area contributed by atoms with Crippen LogP contribution in [0.1, 0.15) is 105 Å². The summed E-state index contributed by atoms with van der Waals surface area (Å²) in [5, 5.41) is 22.6. The maximum Gasteiger partial charge on any atom is 0.329 e. The van der Waals surface area contributed by atoms with E-state index in [1.54, 1.807) is 34.3 Å². The SMILES string of the molecule is C=CC[C@@H]1/C=C(\C)C[C@H](C)C[C@H](OC)[C@H]2O[C@@](O)(C(=O)C(=O)N3CCCC[C@H]3C(=O)O[C@H](/C(C)=C/[C@@H]3CC[C@@H](O)[C@H](OC)C3)[C@H](C)[C@@H](OCSC)CC1=O)[C@H](C)C[C@@H]2OC. The summed E-state index contributed by atoms with van der Waals surface area (Å²) >= 11 is 1.48. The average Bonchev–Trinajstić information content (AvgIpc) is 3.23. The first-order valence-corrected chi connectivity index (χ1v) is 23.2. The third kappa shape index (κ3) is 12.4. The molecule has 4 aliphatic rings. The van der Waals surface area contributed by atoms with E-state index in [2.05, 4.69) is 19.6 Å². The van der Waals surface area contributed by atoms with Crippen LogP contribution in [0, 0.1) is 29.6 Å². The summed E-state index contributed by atoms with van der Waals surface area (Å²) in [6.07, 6.45) is 8.34. The zero-order chi connectivity index (χ0) is 44.3. The molecular weight excluding hydrogens is 791 g/mol. The number of aliphatic hydroxyl groups excluding tert-OH is 1. The molecule has 0 unspecified atom stereocenters. The molecule has 2 bridgehead atoms. The number of nitrogens with zero attached hydrogens (tertiary/aromatic N) is 1. The summed E-state index contributed by atoms with van der Waals surface area (Å²) in [6, 6.07) is -1.11. The highest BCUT2D eigenvalue weighted by Gasteiger charge is 2.56. The number of thioether (sulfide) groups is 1. The van der Waals surface area contributed by atoms with Crippen LogP contribution in [0.25, 0.3) is 0 Å². The lowest BCUT2D eigenvalue weighted by Gasteiger charge is -2.47. The molecule has 0 radical (unpaired) electrons. The van der Waals surface area contributed by atoms with Gasteiger partial charge < -0.3 is 43.5 Å². The second-order valence-corrected chi connectivity index (χ2v) is 18.6. The molecule has 3 fully saturated rings. The number of methoxy groups -OCH3 is 3. The molecule has 0 spiro atoms. The van der Waals surface area contributed by atoms with E-state index >= 15 is 0 Å². The monoisotopic (exact) mass is 863 g/mol. The van der Waals surface area contributed by atoms with Crippen molar-refractivity contribution in [2.24, 2.45) is 29.6 Å². The Morgan fingerprint density at radius 2 is 1.65 bits per heavy atom. The number of allylic oxidation sites excluding steroid dienone is 4. The van der Waals surface area contributed by atoms with Gasteiger partial charge in [-0.15, -0.1) is 18.3 Å². The van der Waals surface area contributed by atoms with Crippen molar-refractivity contribution < 1.29 is 57.8 Å². The zero-order valence-corrected chi connectivity index (χ0v) is 38.3. The molecule has 13 nitrogen and oxygen atoms in total. The number of ketones is 2. The van der Waals surface area contributed by atoms with Gasteiger partial charge >= 0.3 is 5.97 Å². The van der Waals surface area contributed by atoms with Crippen molar-refractivity contribution in [3.63, 3.8) is 0 Å². The number of aliphatic hydroxyl groups is 2. The highest BCUT2D eigenvalue weighted by Crippen LogP contribution is 2.39. The molecule has 1 aliphatic carbocycles. The van der Waals surface area contributed by atoms with Crippen LogP contribution >= 0.6 is 11.8 Å². The third-order valence-corrected chi connectivity index (χ3v) is 13.6. The Bertz CT molecular complexity index is 1540. The molecule has 2 saturated heterocycles. The summed E-state index contributed by atoms with van der Waals surface area (Å²) in [6.45, 7) is 13.6. The van der Waals surface area contributed by atoms with Gasteiger partial charge in [0, 0.05) is 52.0 Å². The maximum absolute atomic E-state index is 14.6. The zero-order valence-electron chi connectivity index (χ0n) is 37.5. The van der Waals surface area contributed by atoms with Crippen LogP contribution in [0.5, 0.6) is 0 Å². The Balaban J connectivity index is 1.83. The molecule has 340 valence electrons. The smallest absolute Gasteiger partial charge is 0.329 e. The maximum atomic E-state index is 14.6. The van der Waals surface area contributed by atoms with Crippen molar-refractivity contribution in [2.45, 2.75) is 160 Å². The Hall–Kier alpha value is -2.43. The van der Waals surface area contributed by atoms with Gasteiger partial charge in [0.25, 0.3) is 11.7 Å². The van der Waals surface area contributed by atoms with Crippen LogP contribution in [-0.2, 0) is 47.6 Å². The topological polar surface area (TPSA) is 167 Å². The first-order chi connectivity index (χ1) is 28.5. The number of hydrogen-bond acceptors (Lipinski definition) is 13. The lowest BCUT2D eigenvalue weighted by Crippen LogP contribution is -2.64. The van der Waals surface area contributed by atoms with Gasteiger partial charge in [-0.3, -0.25) is 14.4 Å². The van der Waals surface area contributed by atoms with E-state index < -0.39 is 83.9 Å². The number of fused-ring (bicyclic) bond motifs is 3. The average molecular weight is 864 g/mol. The largest absolute Gasteiger partial charge is 0.456 e. The van der Waals surface area contributed by atoms with Gasteiger partial charge in [0.05, 0.1) is 36.5 Å². The minimum absolute atomic E-state index is 0.0223. The van der Waals surface area contributed by atoms with Crippen LogP contribution < -0.4 is 0 Å². The molecule has 4 rings (SSSR count). The van der Waals surface area contributed by atoms with Gasteiger partial charge in [0.2, 0.25) is 5.79 Å². The predicted octanol–water partition coefficient (Wildman–Crippen LogP) is 5.98. The van der Waals surface area contributed by atoms with Crippen molar-refractivity contribution >= 4 is 35.2 Å². The number of rotatable bonds is 10. The van der Waals surface area contributed by atoms with Gasteiger partial charge in [-0.2, -0.15) is 0 Å². The summed E-state index contributed by atoms with van der Waals surface area (Å²) in [7, 11) is 4.67. The first-order valence-electron chi connectivity index (χ1n) is 21.8. The van der Waals surface area contributed by atoms with Crippen LogP contribution in [0.3, 0.4) is 0 Å². The van der Waals surface area contributed by atoms with E-state index in [0.717, 1.165) is 11.1 Å². The number of carbonyl (C=O) groups excluding carboxylic acids is 4. The molecule has 3 aliphatic heterocycles. The normalized spacial score (nSPS) is 39.5. The van der Waals surface area contributed by atoms with Crippen LogP contribution in [-0.4, -0.2) is 133 Å². The number of Topliss-reactive ketones (excluding diaryl/α,β-unsaturated/α-hetero) is 2. The van der Waals surface area contributed by atoms with Crippen LogP contribution in [0.4, 0.5) is 0 Å². The van der Waals surface area contributed by atoms with Crippen LogP contribution in [0.15, 0.2) is 36.0 Å². The minimum atomic E-state index is -2.50. The Morgan fingerprint density at radius 1 is 0.967 bits per heavy atom. The minimum Gasteiger partial charge on any atom is -0.456 e. The molecule has 3 heterocycles. The standard InChI is InChI=1S/C46H73NO12S/c1-11-14-33-20-27(2)19-28(3)21-39(55-8)42-40(56-9)23-30(5)46(53,59-42)43(50)44(51)47-18-13-12-15-34(47)45(52)58-41(31(6)37(25-36(33)49)57-26-60-10)29(4)22-32-16-17-35(48)38(24-32)54-7/h11,20,22,28,30-35,37-42,48,53H,1,12-19,21,23-26H2,2-10H3/b27-20+,29-22+/t28-,30+,31+,32-,33+,34-,35+,37-,38+,39-,40-,41+,42+,46+/m0/s1. The molecule has 14 heteroatoms. The van der Waals surface area contributed by atoms with E-state index in [1.165, 1.54) is 16.7 Å². The second kappa shape index (κ2) is 23.3. The number of hydrogen-bond donors (Lipinski definition) is 2. The molecule has 0 aromatic heterocycles. The van der Waals surface area contributed by atoms with Gasteiger partial charge in [0.15, 0.2) is 0 Å². The fourth-order valence-electron chi connectivity index (χ4n) is 9.78. The van der Waals surface area contributed by atoms with E-state index in [-0.39, 0.29) is 49.5 Å². The van der Waals surface area contributed by atoms with Crippen molar-refractivity contribution in [2.75, 3.05) is 40.1 Å². The number of piperidine rings is 1. The number of ether oxygens (including phenoxy) is 6. The molecule has 1 amide bonds. The third-order valence-electron chi connectivity index (χ3n) is 13.2. The summed E-state index contributed by atoms with van der Waals surface area (Å²) < 4.78 is 36.6. The molecule has 0 aromatic carbocycles. The fraction of sp³-hybridized carbons (Fsp3) is 0.783. The molecule has 14 atom stereocenters. The highest BCUT2D eigenvalue weighted by atomic mass is 32.2. The van der Waals surface area contributed by atoms with Crippen molar-refractivity contribution in [3.8, 4) is 0 Å². The second-order valence-electron chi connectivity index (χ2n) is 17.8. The lowest BCUT2D eigenvalue weighted by atomic mass is 9.81. The number of cyclic esters (lactones) is 1. The van der Waals surface area contributed by atoms with Gasteiger partial charge in [-0.25, -0.2) is 4.79 Å². The van der Waals surface area contributed by atoms with E-state index in [4.69, 9.17) is 28.4 Å². The summed E-state index contributed by atoms with van der Waals surface area (Å²) in [5.41, 5.74) is 1.75. The Morgan fingerprint density at radius 3 is 2.30 bits per heavy atom. The van der Waals surface area contributed by atoms with E-state index in [1.807, 2.05) is 33.1 Å². The summed E-state index contributed by atoms with van der Waals surface area (Å²) in [5.74, 6) is -6.80. The molecular formula is C46H73NO12S.